The van der Waals surface area contributed by atoms with E-state index in [2.05, 4.69) is 18.8 Å². The predicted molar refractivity (Wildman–Crippen MR) is 100.0 cm³/mol. The molecule has 0 fully saturated rings. The number of hydrogen-bond acceptors (Lipinski definition) is 4. The molecular weight excluding hydrogens is 336 g/mol. The van der Waals surface area contributed by atoms with Gasteiger partial charge < -0.3 is 4.74 Å². The van der Waals surface area contributed by atoms with Crippen molar-refractivity contribution in [3.63, 3.8) is 0 Å². The zero-order valence-electron chi connectivity index (χ0n) is 15.6. The number of esters is 1. The van der Waals surface area contributed by atoms with Gasteiger partial charge >= 0.3 is 5.97 Å². The van der Waals surface area contributed by atoms with Gasteiger partial charge in [0.25, 0.3) is 0 Å². The van der Waals surface area contributed by atoms with Crippen LogP contribution in [0.3, 0.4) is 0 Å². The molecule has 0 amide bonds. The first-order valence-electron chi connectivity index (χ1n) is 8.67. The highest BCUT2D eigenvalue weighted by atomic mass is 32.2. The molecule has 1 rings (SSSR count). The van der Waals surface area contributed by atoms with Crippen LogP contribution in [0.15, 0.2) is 29.2 Å². The average molecular weight is 365 g/mol. The molecular formula is C20H28O4S. The van der Waals surface area contributed by atoms with E-state index in [-0.39, 0.29) is 17.1 Å². The van der Waals surface area contributed by atoms with Gasteiger partial charge in [-0.25, -0.2) is 8.42 Å². The molecule has 0 heterocycles. The maximum Gasteiger partial charge on any atom is 0.307 e. The first kappa shape index (κ1) is 21.2. The summed E-state index contributed by atoms with van der Waals surface area (Å²) in [6.45, 7) is 7.40. The van der Waals surface area contributed by atoms with Crippen LogP contribution in [0.25, 0.3) is 0 Å². The summed E-state index contributed by atoms with van der Waals surface area (Å²) in [5, 5.41) is 0. The van der Waals surface area contributed by atoms with Gasteiger partial charge in [0.15, 0.2) is 9.84 Å². The zero-order chi connectivity index (χ0) is 18.9. The van der Waals surface area contributed by atoms with E-state index in [9.17, 15) is 13.2 Å². The smallest absolute Gasteiger partial charge is 0.307 e. The highest BCUT2D eigenvalue weighted by Crippen LogP contribution is 2.15. The van der Waals surface area contributed by atoms with Crippen LogP contribution in [-0.2, 0) is 19.4 Å². The summed E-state index contributed by atoms with van der Waals surface area (Å²) in [5.74, 6) is 5.37. The van der Waals surface area contributed by atoms with Crippen molar-refractivity contribution >= 4 is 15.8 Å². The Morgan fingerprint density at radius 1 is 1.12 bits per heavy atom. The van der Waals surface area contributed by atoms with Gasteiger partial charge in [-0.15, -0.1) is 0 Å². The van der Waals surface area contributed by atoms with Crippen LogP contribution in [0, 0.1) is 11.8 Å². The lowest BCUT2D eigenvalue weighted by atomic mass is 10.2. The number of unbranched alkanes of at least 4 members (excludes halogenated alkanes) is 3. The number of carbonyl (C=O) groups is 1. The largest absolute Gasteiger partial charge is 0.460 e. The maximum atomic E-state index is 12.3. The fourth-order valence-electron chi connectivity index (χ4n) is 2.10. The second-order valence-corrected chi connectivity index (χ2v) is 9.05. The first-order valence-corrected chi connectivity index (χ1v) is 10.3. The highest BCUT2D eigenvalue weighted by Gasteiger charge is 2.20. The van der Waals surface area contributed by atoms with Crippen LogP contribution in [0.5, 0.6) is 0 Å². The standard InChI is InChI=1S/C20H28O4S/c1-5-6-7-8-9-10-17-11-13-18(14-12-17)25(22,23)16-15-19(21)24-20(2,3)4/h11-14H,5-8,15-16H2,1-4H3. The van der Waals surface area contributed by atoms with E-state index in [0.717, 1.165) is 24.8 Å². The molecule has 0 aliphatic heterocycles. The Balaban J connectivity index is 2.63. The second kappa shape index (κ2) is 9.62. The minimum Gasteiger partial charge on any atom is -0.460 e. The molecule has 0 aliphatic rings. The van der Waals surface area contributed by atoms with Crippen molar-refractivity contribution in [2.24, 2.45) is 0 Å². The van der Waals surface area contributed by atoms with E-state index in [1.54, 1.807) is 45.0 Å². The van der Waals surface area contributed by atoms with E-state index in [1.165, 1.54) is 6.42 Å². The Morgan fingerprint density at radius 2 is 1.76 bits per heavy atom. The lowest BCUT2D eigenvalue weighted by molar-refractivity contribution is -0.154. The molecule has 0 N–H and O–H groups in total. The summed E-state index contributed by atoms with van der Waals surface area (Å²) in [6.07, 6.45) is 4.12. The fraction of sp³-hybridized carbons (Fsp3) is 0.550. The summed E-state index contributed by atoms with van der Waals surface area (Å²) in [5.41, 5.74) is 0.181. The molecule has 5 heteroatoms. The van der Waals surface area contributed by atoms with Crippen molar-refractivity contribution in [1.29, 1.82) is 0 Å². The number of sulfone groups is 1. The zero-order valence-corrected chi connectivity index (χ0v) is 16.4. The van der Waals surface area contributed by atoms with Gasteiger partial charge in [-0.05, 0) is 51.5 Å². The lowest BCUT2D eigenvalue weighted by Crippen LogP contribution is -2.25. The molecule has 1 aromatic rings. The van der Waals surface area contributed by atoms with E-state index in [0.29, 0.717) is 0 Å². The lowest BCUT2D eigenvalue weighted by Gasteiger charge is -2.19. The van der Waals surface area contributed by atoms with Crippen LogP contribution in [0.4, 0.5) is 0 Å². The van der Waals surface area contributed by atoms with Crippen molar-refractivity contribution in [2.75, 3.05) is 5.75 Å². The quantitative estimate of drug-likeness (QED) is 0.415. The molecule has 0 radical (unpaired) electrons. The molecule has 0 atom stereocenters. The van der Waals surface area contributed by atoms with Crippen molar-refractivity contribution in [3.05, 3.63) is 29.8 Å². The minimum atomic E-state index is -3.51. The molecule has 0 saturated heterocycles. The van der Waals surface area contributed by atoms with Crippen LogP contribution < -0.4 is 0 Å². The molecule has 0 spiro atoms. The van der Waals surface area contributed by atoms with Gasteiger partial charge in [0.05, 0.1) is 17.1 Å². The Hall–Kier alpha value is -1.80. The summed E-state index contributed by atoms with van der Waals surface area (Å²) in [6, 6.07) is 6.49. The summed E-state index contributed by atoms with van der Waals surface area (Å²) in [7, 11) is -3.51. The van der Waals surface area contributed by atoms with Gasteiger partial charge in [-0.3, -0.25) is 4.79 Å². The number of rotatable bonds is 7. The number of hydrogen-bond donors (Lipinski definition) is 0. The summed E-state index contributed by atoms with van der Waals surface area (Å²) in [4.78, 5) is 11.9. The second-order valence-electron chi connectivity index (χ2n) is 6.94. The SMILES string of the molecule is CCCCCC#Cc1ccc(S(=O)(=O)CCC(=O)OC(C)(C)C)cc1. The minimum absolute atomic E-state index is 0.154. The molecule has 0 unspecified atom stereocenters. The molecule has 0 aliphatic carbocycles. The average Bonchev–Trinajstić information content (AvgIpc) is 2.52. The normalized spacial score (nSPS) is 11.5. The first-order chi connectivity index (χ1) is 11.6. The summed E-state index contributed by atoms with van der Waals surface area (Å²) < 4.78 is 29.7. The highest BCUT2D eigenvalue weighted by molar-refractivity contribution is 7.91. The molecule has 1 aromatic carbocycles. The Kier molecular flexibility index (Phi) is 8.18. The van der Waals surface area contributed by atoms with Gasteiger partial charge in [0.2, 0.25) is 0 Å². The maximum absolute atomic E-state index is 12.3. The molecule has 4 nitrogen and oxygen atoms in total. The summed E-state index contributed by atoms with van der Waals surface area (Å²) >= 11 is 0. The number of benzene rings is 1. The third-order valence-corrected chi connectivity index (χ3v) is 5.08. The third kappa shape index (κ3) is 8.74. The van der Waals surface area contributed by atoms with Crippen molar-refractivity contribution in [2.45, 2.75) is 70.3 Å². The van der Waals surface area contributed by atoms with Crippen LogP contribution in [0.2, 0.25) is 0 Å². The van der Waals surface area contributed by atoms with Gasteiger partial charge in [0, 0.05) is 12.0 Å². The number of ether oxygens (including phenoxy) is 1. The Bertz CT molecular complexity index is 714. The molecule has 25 heavy (non-hydrogen) atoms. The predicted octanol–water partition coefficient (Wildman–Crippen LogP) is 4.12. The van der Waals surface area contributed by atoms with Crippen molar-refractivity contribution < 1.29 is 17.9 Å². The fourth-order valence-corrected chi connectivity index (χ4v) is 3.32. The Labute approximate surface area is 151 Å². The van der Waals surface area contributed by atoms with E-state index >= 15 is 0 Å². The van der Waals surface area contributed by atoms with Gasteiger partial charge in [0.1, 0.15) is 5.60 Å². The monoisotopic (exact) mass is 364 g/mol. The molecule has 138 valence electrons. The Morgan fingerprint density at radius 3 is 2.32 bits per heavy atom. The van der Waals surface area contributed by atoms with Gasteiger partial charge in [-0.1, -0.05) is 31.6 Å². The topological polar surface area (TPSA) is 60.4 Å². The van der Waals surface area contributed by atoms with Crippen LogP contribution in [-0.4, -0.2) is 25.7 Å². The van der Waals surface area contributed by atoms with E-state index < -0.39 is 21.4 Å². The van der Waals surface area contributed by atoms with Gasteiger partial charge in [-0.2, -0.15) is 0 Å². The van der Waals surface area contributed by atoms with Crippen LogP contribution in [0.1, 0.15) is 65.4 Å². The molecule has 0 saturated carbocycles. The number of carbonyl (C=O) groups excluding carboxylic acids is 1. The van der Waals surface area contributed by atoms with Crippen LogP contribution >= 0.6 is 0 Å². The van der Waals surface area contributed by atoms with E-state index in [1.807, 2.05) is 0 Å². The molecule has 0 aromatic heterocycles. The third-order valence-electron chi connectivity index (χ3n) is 3.35. The van der Waals surface area contributed by atoms with Crippen molar-refractivity contribution in [1.82, 2.24) is 0 Å². The van der Waals surface area contributed by atoms with E-state index in [4.69, 9.17) is 4.74 Å². The van der Waals surface area contributed by atoms with Crippen molar-refractivity contribution in [3.8, 4) is 11.8 Å². The molecule has 0 bridgehead atoms.